The standard InChI is InChI=1S/C17H26FN3O/c1-13(19)9-10-20-17(22)16-4-2-3-11-21(16)12-14-5-7-15(18)8-6-14/h5-8,13,16H,2-4,9-12,19H2,1H3,(H,20,22). The van der Waals surface area contributed by atoms with E-state index in [4.69, 9.17) is 5.73 Å². The summed E-state index contributed by atoms with van der Waals surface area (Å²) in [7, 11) is 0. The van der Waals surface area contributed by atoms with Crippen molar-refractivity contribution in [3.05, 3.63) is 35.6 Å². The number of amides is 1. The molecule has 1 saturated heterocycles. The fraction of sp³-hybridized carbons (Fsp3) is 0.588. The average molecular weight is 307 g/mol. The fourth-order valence-corrected chi connectivity index (χ4v) is 2.84. The van der Waals surface area contributed by atoms with Crippen LogP contribution in [0.15, 0.2) is 24.3 Å². The molecule has 122 valence electrons. The monoisotopic (exact) mass is 307 g/mol. The summed E-state index contributed by atoms with van der Waals surface area (Å²) in [6.07, 6.45) is 3.84. The highest BCUT2D eigenvalue weighted by molar-refractivity contribution is 5.81. The second-order valence-electron chi connectivity index (χ2n) is 6.17. The van der Waals surface area contributed by atoms with Gasteiger partial charge in [0, 0.05) is 19.1 Å². The largest absolute Gasteiger partial charge is 0.355 e. The van der Waals surface area contributed by atoms with Gasteiger partial charge in [-0.3, -0.25) is 9.69 Å². The van der Waals surface area contributed by atoms with Crippen molar-refractivity contribution in [2.75, 3.05) is 13.1 Å². The number of nitrogens with two attached hydrogens (primary N) is 1. The molecule has 5 heteroatoms. The maximum atomic E-state index is 13.0. The van der Waals surface area contributed by atoms with Gasteiger partial charge in [0.2, 0.25) is 5.91 Å². The molecule has 4 nitrogen and oxygen atoms in total. The Balaban J connectivity index is 1.92. The average Bonchev–Trinajstić information content (AvgIpc) is 2.49. The third kappa shape index (κ3) is 5.07. The Kier molecular flexibility index (Phi) is 6.34. The van der Waals surface area contributed by atoms with E-state index < -0.39 is 0 Å². The number of hydrogen-bond donors (Lipinski definition) is 2. The summed E-state index contributed by atoms with van der Waals surface area (Å²) in [5, 5.41) is 2.99. The molecule has 0 aromatic heterocycles. The molecule has 2 unspecified atom stereocenters. The molecule has 2 rings (SSSR count). The number of likely N-dealkylation sites (tertiary alicyclic amines) is 1. The quantitative estimate of drug-likeness (QED) is 0.845. The second-order valence-corrected chi connectivity index (χ2v) is 6.17. The van der Waals surface area contributed by atoms with Crippen molar-refractivity contribution in [2.45, 2.75) is 51.2 Å². The van der Waals surface area contributed by atoms with Crippen LogP contribution in [0.4, 0.5) is 4.39 Å². The topological polar surface area (TPSA) is 58.4 Å². The molecule has 1 aliphatic rings. The van der Waals surface area contributed by atoms with Crippen molar-refractivity contribution in [2.24, 2.45) is 5.73 Å². The van der Waals surface area contributed by atoms with Crippen molar-refractivity contribution in [1.82, 2.24) is 10.2 Å². The zero-order valence-electron chi connectivity index (χ0n) is 13.2. The molecule has 2 atom stereocenters. The van der Waals surface area contributed by atoms with E-state index in [1.165, 1.54) is 12.1 Å². The summed E-state index contributed by atoms with van der Waals surface area (Å²) in [5.74, 6) is -0.143. The van der Waals surface area contributed by atoms with Gasteiger partial charge in [0.05, 0.1) is 6.04 Å². The maximum Gasteiger partial charge on any atom is 0.237 e. The van der Waals surface area contributed by atoms with Gasteiger partial charge < -0.3 is 11.1 Å². The molecule has 22 heavy (non-hydrogen) atoms. The van der Waals surface area contributed by atoms with Gasteiger partial charge in [0.15, 0.2) is 0 Å². The summed E-state index contributed by atoms with van der Waals surface area (Å²) in [6, 6.07) is 6.52. The van der Waals surface area contributed by atoms with E-state index in [0.717, 1.165) is 37.8 Å². The first-order valence-electron chi connectivity index (χ1n) is 8.08. The van der Waals surface area contributed by atoms with Gasteiger partial charge >= 0.3 is 0 Å². The van der Waals surface area contributed by atoms with Crippen LogP contribution in [0.2, 0.25) is 0 Å². The predicted molar refractivity (Wildman–Crippen MR) is 85.7 cm³/mol. The van der Waals surface area contributed by atoms with Gasteiger partial charge in [-0.25, -0.2) is 4.39 Å². The SMILES string of the molecule is CC(N)CCNC(=O)C1CCCCN1Cc1ccc(F)cc1. The Morgan fingerprint density at radius 3 is 2.82 bits per heavy atom. The molecule has 1 heterocycles. The summed E-state index contributed by atoms with van der Waals surface area (Å²) >= 11 is 0. The molecule has 0 saturated carbocycles. The van der Waals surface area contributed by atoms with E-state index in [1.54, 1.807) is 12.1 Å². The van der Waals surface area contributed by atoms with Crippen LogP contribution in [0, 0.1) is 5.82 Å². The van der Waals surface area contributed by atoms with E-state index in [0.29, 0.717) is 13.1 Å². The van der Waals surface area contributed by atoms with Crippen molar-refractivity contribution >= 4 is 5.91 Å². The first-order valence-corrected chi connectivity index (χ1v) is 8.08. The highest BCUT2D eigenvalue weighted by Gasteiger charge is 2.28. The maximum absolute atomic E-state index is 13.0. The Morgan fingerprint density at radius 2 is 2.14 bits per heavy atom. The smallest absolute Gasteiger partial charge is 0.237 e. The van der Waals surface area contributed by atoms with Crippen molar-refractivity contribution < 1.29 is 9.18 Å². The lowest BCUT2D eigenvalue weighted by Gasteiger charge is -2.34. The number of nitrogens with one attached hydrogen (secondary N) is 1. The Labute approximate surface area is 131 Å². The van der Waals surface area contributed by atoms with Crippen LogP contribution in [-0.2, 0) is 11.3 Å². The summed E-state index contributed by atoms with van der Waals surface area (Å²) in [5.41, 5.74) is 6.74. The molecule has 1 amide bonds. The van der Waals surface area contributed by atoms with Crippen LogP contribution < -0.4 is 11.1 Å². The second kappa shape index (κ2) is 8.25. The van der Waals surface area contributed by atoms with Crippen LogP contribution >= 0.6 is 0 Å². The normalized spacial score (nSPS) is 20.6. The third-order valence-corrected chi connectivity index (χ3v) is 4.11. The molecular weight excluding hydrogens is 281 g/mol. The van der Waals surface area contributed by atoms with Crippen LogP contribution in [-0.4, -0.2) is 36.0 Å². The van der Waals surface area contributed by atoms with Gasteiger partial charge in [0.25, 0.3) is 0 Å². The Hall–Kier alpha value is -1.46. The molecule has 0 aliphatic carbocycles. The predicted octanol–water partition coefficient (Wildman–Crippen LogP) is 2.03. The zero-order valence-corrected chi connectivity index (χ0v) is 13.2. The molecule has 0 spiro atoms. The van der Waals surface area contributed by atoms with Crippen molar-refractivity contribution in [1.29, 1.82) is 0 Å². The number of carbonyl (C=O) groups excluding carboxylic acids is 1. The fourth-order valence-electron chi connectivity index (χ4n) is 2.84. The van der Waals surface area contributed by atoms with Gasteiger partial charge in [-0.2, -0.15) is 0 Å². The van der Waals surface area contributed by atoms with Crippen molar-refractivity contribution in [3.63, 3.8) is 0 Å². The van der Waals surface area contributed by atoms with Crippen LogP contribution in [0.5, 0.6) is 0 Å². The van der Waals surface area contributed by atoms with Gasteiger partial charge in [0.1, 0.15) is 5.82 Å². The number of rotatable bonds is 6. The number of carbonyl (C=O) groups is 1. The molecule has 1 aromatic rings. The third-order valence-electron chi connectivity index (χ3n) is 4.11. The Bertz CT molecular complexity index is 475. The van der Waals surface area contributed by atoms with Crippen LogP contribution in [0.25, 0.3) is 0 Å². The minimum atomic E-state index is -0.229. The summed E-state index contributed by atoms with van der Waals surface area (Å²) in [6.45, 7) is 4.15. The lowest BCUT2D eigenvalue weighted by atomic mass is 10.00. The highest BCUT2D eigenvalue weighted by atomic mass is 19.1. The molecule has 1 aromatic carbocycles. The first kappa shape index (κ1) is 16.9. The minimum absolute atomic E-state index is 0.0856. The van der Waals surface area contributed by atoms with E-state index in [1.807, 2.05) is 6.92 Å². The number of benzene rings is 1. The minimum Gasteiger partial charge on any atom is -0.355 e. The van der Waals surface area contributed by atoms with Crippen LogP contribution in [0.1, 0.15) is 38.2 Å². The van der Waals surface area contributed by atoms with E-state index >= 15 is 0 Å². The van der Waals surface area contributed by atoms with E-state index in [9.17, 15) is 9.18 Å². The van der Waals surface area contributed by atoms with Gasteiger partial charge in [-0.05, 0) is 50.4 Å². The number of hydrogen-bond acceptors (Lipinski definition) is 3. The molecule has 3 N–H and O–H groups in total. The number of nitrogens with zero attached hydrogens (tertiary/aromatic N) is 1. The Morgan fingerprint density at radius 1 is 1.41 bits per heavy atom. The molecule has 0 bridgehead atoms. The first-order chi connectivity index (χ1) is 10.6. The lowest BCUT2D eigenvalue weighted by molar-refractivity contribution is -0.127. The number of piperidine rings is 1. The summed E-state index contributed by atoms with van der Waals surface area (Å²) < 4.78 is 13.0. The highest BCUT2D eigenvalue weighted by Crippen LogP contribution is 2.20. The lowest BCUT2D eigenvalue weighted by Crippen LogP contribution is -2.49. The van der Waals surface area contributed by atoms with E-state index in [2.05, 4.69) is 10.2 Å². The summed E-state index contributed by atoms with van der Waals surface area (Å²) in [4.78, 5) is 14.6. The zero-order chi connectivity index (χ0) is 15.9. The molecule has 1 aliphatic heterocycles. The van der Waals surface area contributed by atoms with Gasteiger partial charge in [-0.15, -0.1) is 0 Å². The van der Waals surface area contributed by atoms with E-state index in [-0.39, 0.29) is 23.8 Å². The van der Waals surface area contributed by atoms with Gasteiger partial charge in [-0.1, -0.05) is 18.6 Å². The molecule has 0 radical (unpaired) electrons. The molecule has 1 fully saturated rings. The number of halogens is 1. The van der Waals surface area contributed by atoms with Crippen LogP contribution in [0.3, 0.4) is 0 Å². The molecular formula is C17H26FN3O. The van der Waals surface area contributed by atoms with Crippen molar-refractivity contribution in [3.8, 4) is 0 Å².